The van der Waals surface area contributed by atoms with Crippen LogP contribution in [0.15, 0.2) is 42.5 Å². The zero-order valence-corrected chi connectivity index (χ0v) is 19.4. The van der Waals surface area contributed by atoms with Crippen molar-refractivity contribution in [2.24, 2.45) is 5.92 Å². The van der Waals surface area contributed by atoms with Crippen LogP contribution in [0.3, 0.4) is 0 Å². The van der Waals surface area contributed by atoms with Crippen LogP contribution in [-0.4, -0.2) is 59.3 Å². The molecule has 2 amide bonds. The number of H-pyrrole nitrogens is 1. The smallest absolute Gasteiger partial charge is 0.245 e. The van der Waals surface area contributed by atoms with E-state index in [1.165, 1.54) is 4.90 Å². The zero-order chi connectivity index (χ0) is 24.0. The Morgan fingerprint density at radius 1 is 1.09 bits per heavy atom. The molecule has 3 aromatic rings. The monoisotopic (exact) mass is 461 g/mol. The van der Waals surface area contributed by atoms with Crippen molar-refractivity contribution >= 4 is 29.0 Å². The molecule has 1 N–H and O–H groups in total. The molecule has 0 bridgehead atoms. The fraction of sp³-hybridized carbons (Fsp3) is 0.346. The normalized spacial score (nSPS) is 20.7. The van der Waals surface area contributed by atoms with Gasteiger partial charge in [0.15, 0.2) is 11.5 Å². The highest BCUT2D eigenvalue weighted by Gasteiger charge is 2.47. The van der Waals surface area contributed by atoms with Gasteiger partial charge >= 0.3 is 0 Å². The summed E-state index contributed by atoms with van der Waals surface area (Å²) in [4.78, 5) is 42.4. The maximum Gasteiger partial charge on any atom is 0.245 e. The van der Waals surface area contributed by atoms with Crippen LogP contribution in [-0.2, 0) is 20.8 Å². The Bertz CT molecular complexity index is 1280. The first-order valence-electron chi connectivity index (χ1n) is 11.4. The van der Waals surface area contributed by atoms with E-state index >= 15 is 0 Å². The van der Waals surface area contributed by atoms with Crippen LogP contribution >= 0.6 is 0 Å². The number of piperazine rings is 1. The largest absolute Gasteiger partial charge is 0.454 e. The number of nitrogens with one attached hydrogen (secondary N) is 1. The fourth-order valence-electron chi connectivity index (χ4n) is 4.84. The Labute approximate surface area is 197 Å². The van der Waals surface area contributed by atoms with E-state index in [2.05, 4.69) is 11.1 Å². The fourth-order valence-corrected chi connectivity index (χ4v) is 4.84. The second-order valence-corrected chi connectivity index (χ2v) is 9.17. The summed E-state index contributed by atoms with van der Waals surface area (Å²) in [5, 5.41) is 1.10. The van der Waals surface area contributed by atoms with Gasteiger partial charge in [-0.05, 0) is 29.3 Å². The van der Waals surface area contributed by atoms with Crippen molar-refractivity contribution < 1.29 is 23.9 Å². The van der Waals surface area contributed by atoms with Gasteiger partial charge in [-0.2, -0.15) is 0 Å². The van der Waals surface area contributed by atoms with Crippen LogP contribution in [0.5, 0.6) is 11.5 Å². The molecule has 3 aliphatic heterocycles. The number of para-hydroxylation sites is 1. The van der Waals surface area contributed by atoms with Gasteiger partial charge in [-0.25, -0.2) is 0 Å². The number of rotatable bonds is 2. The summed E-state index contributed by atoms with van der Waals surface area (Å²) in [7, 11) is 1.69. The second kappa shape index (κ2) is 8.52. The predicted octanol–water partition coefficient (Wildman–Crippen LogP) is 3.05. The van der Waals surface area contributed by atoms with Gasteiger partial charge in [0.05, 0.1) is 12.6 Å². The summed E-state index contributed by atoms with van der Waals surface area (Å²) in [6.07, 6.45) is 1.43. The maximum atomic E-state index is 13.1. The highest BCUT2D eigenvalue weighted by molar-refractivity contribution is 5.97. The van der Waals surface area contributed by atoms with Crippen LogP contribution < -0.4 is 9.47 Å². The maximum absolute atomic E-state index is 13.1. The van der Waals surface area contributed by atoms with Crippen molar-refractivity contribution in [3.8, 4) is 11.5 Å². The number of aldehydes is 1. The lowest BCUT2D eigenvalue weighted by molar-refractivity contribution is -0.157. The lowest BCUT2D eigenvalue weighted by Crippen LogP contribution is -2.62. The molecule has 3 aliphatic rings. The SMILES string of the molecule is CC(C)C=O.CN1CC(=O)N2[C@H](c3ccc4c(c3)OCO4)c3[nH]c4ccccc4c3C[C@@H]2C1=O. The number of aromatic nitrogens is 1. The Morgan fingerprint density at radius 2 is 1.82 bits per heavy atom. The minimum atomic E-state index is -0.511. The van der Waals surface area contributed by atoms with Crippen molar-refractivity contribution in [2.45, 2.75) is 32.4 Å². The third-order valence-corrected chi connectivity index (χ3v) is 6.44. The van der Waals surface area contributed by atoms with Gasteiger partial charge < -0.3 is 29.1 Å². The van der Waals surface area contributed by atoms with E-state index < -0.39 is 6.04 Å². The van der Waals surface area contributed by atoms with Gasteiger partial charge in [-0.15, -0.1) is 0 Å². The molecule has 0 saturated carbocycles. The molecular weight excluding hydrogens is 434 g/mol. The topological polar surface area (TPSA) is 91.9 Å². The molecule has 6 rings (SSSR count). The van der Waals surface area contributed by atoms with Crippen LogP contribution in [0, 0.1) is 5.92 Å². The van der Waals surface area contributed by atoms with Gasteiger partial charge in [0.1, 0.15) is 12.3 Å². The number of ether oxygens (including phenoxy) is 2. The molecule has 8 nitrogen and oxygen atoms in total. The number of fused-ring (bicyclic) bond motifs is 5. The summed E-state index contributed by atoms with van der Waals surface area (Å²) >= 11 is 0. The first-order chi connectivity index (χ1) is 16.4. The molecular formula is C26H27N3O5. The summed E-state index contributed by atoms with van der Waals surface area (Å²) in [6, 6.07) is 12.9. The van der Waals surface area contributed by atoms with E-state index in [0.29, 0.717) is 17.9 Å². The summed E-state index contributed by atoms with van der Waals surface area (Å²) in [5.41, 5.74) is 3.97. The second-order valence-electron chi connectivity index (χ2n) is 9.17. The third-order valence-electron chi connectivity index (χ3n) is 6.44. The molecule has 0 spiro atoms. The number of hydrogen-bond donors (Lipinski definition) is 1. The summed E-state index contributed by atoms with van der Waals surface area (Å²) in [5.74, 6) is 1.49. The minimum Gasteiger partial charge on any atom is -0.454 e. The molecule has 4 heterocycles. The summed E-state index contributed by atoms with van der Waals surface area (Å²) in [6.45, 7) is 3.99. The van der Waals surface area contributed by atoms with Crippen molar-refractivity contribution in [3.05, 3.63) is 59.3 Å². The molecule has 8 heteroatoms. The molecule has 1 fully saturated rings. The Morgan fingerprint density at radius 3 is 2.59 bits per heavy atom. The third kappa shape index (κ3) is 3.59. The molecule has 0 unspecified atom stereocenters. The van der Waals surface area contributed by atoms with Gasteiger partial charge in [0.25, 0.3) is 0 Å². The van der Waals surface area contributed by atoms with Gasteiger partial charge in [0.2, 0.25) is 18.6 Å². The Kier molecular flexibility index (Phi) is 5.51. The molecule has 2 aromatic carbocycles. The van der Waals surface area contributed by atoms with Crippen LogP contribution in [0.25, 0.3) is 10.9 Å². The molecule has 176 valence electrons. The quantitative estimate of drug-likeness (QED) is 0.593. The lowest BCUT2D eigenvalue weighted by atomic mass is 9.86. The van der Waals surface area contributed by atoms with Crippen LogP contribution in [0.4, 0.5) is 0 Å². The molecule has 34 heavy (non-hydrogen) atoms. The molecule has 1 aromatic heterocycles. The highest BCUT2D eigenvalue weighted by atomic mass is 16.7. The average molecular weight is 462 g/mol. The van der Waals surface area contributed by atoms with E-state index in [1.807, 2.05) is 50.2 Å². The number of carbonyl (C=O) groups excluding carboxylic acids is 3. The first kappa shape index (κ1) is 22.0. The standard InChI is InChI=1S/C22H19N3O4.C4H8O/c1-24-10-19(26)25-16(22(24)27)9-14-13-4-2-3-5-15(13)23-20(14)21(25)12-6-7-17-18(8-12)29-11-28-17;1-4(2)3-5/h2-8,16,21,23H,9-11H2,1H3;3-4H,1-2H3/t16-,21-;/m1./s1. The van der Waals surface area contributed by atoms with Gasteiger partial charge in [0, 0.05) is 36.0 Å². The summed E-state index contributed by atoms with van der Waals surface area (Å²) < 4.78 is 11.0. The van der Waals surface area contributed by atoms with Crippen molar-refractivity contribution in [2.75, 3.05) is 20.4 Å². The Balaban J connectivity index is 0.000000439. The number of likely N-dealkylation sites (N-methyl/N-ethyl adjacent to an activating group) is 1. The van der Waals surface area contributed by atoms with E-state index in [4.69, 9.17) is 9.47 Å². The first-order valence-corrected chi connectivity index (χ1v) is 11.4. The van der Waals surface area contributed by atoms with E-state index in [9.17, 15) is 14.4 Å². The number of carbonyl (C=O) groups is 3. The van der Waals surface area contributed by atoms with Gasteiger partial charge in [-0.1, -0.05) is 38.1 Å². The van der Waals surface area contributed by atoms with Crippen molar-refractivity contribution in [1.82, 2.24) is 14.8 Å². The lowest BCUT2D eigenvalue weighted by Gasteiger charge is -2.46. The van der Waals surface area contributed by atoms with Crippen LogP contribution in [0.1, 0.15) is 36.7 Å². The molecule has 2 atom stereocenters. The number of aromatic amines is 1. The molecule has 0 aliphatic carbocycles. The number of benzene rings is 2. The van der Waals surface area contributed by atoms with Crippen molar-refractivity contribution in [3.63, 3.8) is 0 Å². The molecule has 1 saturated heterocycles. The van der Waals surface area contributed by atoms with E-state index in [1.54, 1.807) is 11.9 Å². The predicted molar refractivity (Wildman–Crippen MR) is 126 cm³/mol. The zero-order valence-electron chi connectivity index (χ0n) is 19.4. The van der Waals surface area contributed by atoms with E-state index in [-0.39, 0.29) is 37.1 Å². The average Bonchev–Trinajstić information content (AvgIpc) is 3.45. The highest BCUT2D eigenvalue weighted by Crippen LogP contribution is 2.44. The Hall–Kier alpha value is -3.81. The van der Waals surface area contributed by atoms with Crippen LogP contribution in [0.2, 0.25) is 0 Å². The molecule has 0 radical (unpaired) electrons. The van der Waals surface area contributed by atoms with Crippen molar-refractivity contribution in [1.29, 1.82) is 0 Å². The minimum absolute atomic E-state index is 0.0220. The number of hydrogen-bond acceptors (Lipinski definition) is 5. The number of nitrogens with zero attached hydrogens (tertiary/aromatic N) is 2. The van der Waals surface area contributed by atoms with Gasteiger partial charge in [-0.3, -0.25) is 9.59 Å². The van der Waals surface area contributed by atoms with E-state index in [0.717, 1.165) is 34.0 Å². The number of amides is 2.